The molecule has 6 nitrogen and oxygen atoms in total. The Hall–Kier alpha value is -2.64. The summed E-state index contributed by atoms with van der Waals surface area (Å²) in [6, 6.07) is 13.2. The topological polar surface area (TPSA) is 84.2 Å². The molecule has 0 saturated carbocycles. The number of nitrogens with zero attached hydrogens (tertiary/aromatic N) is 2. The molecular formula is C23H27N3O3S. The Morgan fingerprint density at radius 2 is 1.97 bits per heavy atom. The van der Waals surface area contributed by atoms with Gasteiger partial charge in [0, 0.05) is 13.2 Å². The first kappa shape index (κ1) is 22.1. The highest BCUT2D eigenvalue weighted by Gasteiger charge is 2.15. The quantitative estimate of drug-likeness (QED) is 0.427. The van der Waals surface area contributed by atoms with Gasteiger partial charge in [-0.25, -0.2) is 4.98 Å². The van der Waals surface area contributed by atoms with Crippen LogP contribution in [0.5, 0.6) is 0 Å². The monoisotopic (exact) mass is 425 g/mol. The summed E-state index contributed by atoms with van der Waals surface area (Å²) in [5.41, 5.74) is 3.92. The molecule has 0 radical (unpaired) electrons. The van der Waals surface area contributed by atoms with Gasteiger partial charge < -0.3 is 10.4 Å². The van der Waals surface area contributed by atoms with Gasteiger partial charge in [-0.05, 0) is 56.0 Å². The summed E-state index contributed by atoms with van der Waals surface area (Å²) in [7, 11) is 0. The van der Waals surface area contributed by atoms with Gasteiger partial charge in [0.15, 0.2) is 5.16 Å². The fourth-order valence-corrected chi connectivity index (χ4v) is 4.05. The lowest BCUT2D eigenvalue weighted by molar-refractivity contribution is -0.119. The summed E-state index contributed by atoms with van der Waals surface area (Å²) in [4.78, 5) is 30.0. The van der Waals surface area contributed by atoms with Crippen LogP contribution in [0.3, 0.4) is 0 Å². The van der Waals surface area contributed by atoms with Crippen molar-refractivity contribution in [1.82, 2.24) is 14.9 Å². The van der Waals surface area contributed by atoms with Crippen LogP contribution in [0, 0.1) is 13.8 Å². The Bertz CT molecular complexity index is 1110. The minimum Gasteiger partial charge on any atom is -0.396 e. The van der Waals surface area contributed by atoms with Crippen LogP contribution < -0.4 is 10.9 Å². The summed E-state index contributed by atoms with van der Waals surface area (Å²) < 4.78 is 1.54. The first-order valence-corrected chi connectivity index (χ1v) is 11.0. The molecule has 2 aromatic carbocycles. The molecule has 1 amide bonds. The van der Waals surface area contributed by atoms with Crippen molar-refractivity contribution in [2.24, 2.45) is 0 Å². The standard InChI is InChI=1S/C23H27N3O3S/c1-15-9-10-18(13-16(15)2)17(3)24-21(28)14-30-23-25-20-8-5-4-7-19(20)22(29)26(23)11-6-12-27/h4-5,7-10,13,17,27H,6,11-12,14H2,1-3H3,(H,24,28)/t17-/m0/s1. The average Bonchev–Trinajstić information content (AvgIpc) is 2.73. The predicted octanol–water partition coefficient (Wildman–Crippen LogP) is 3.37. The number of benzene rings is 2. The highest BCUT2D eigenvalue weighted by atomic mass is 32.2. The van der Waals surface area contributed by atoms with Crippen molar-refractivity contribution >= 4 is 28.6 Å². The van der Waals surface area contributed by atoms with Crippen molar-refractivity contribution in [2.45, 2.75) is 44.9 Å². The maximum Gasteiger partial charge on any atom is 0.262 e. The van der Waals surface area contributed by atoms with Crippen LogP contribution in [-0.4, -0.2) is 32.9 Å². The number of rotatable bonds is 8. The molecule has 1 atom stereocenters. The summed E-state index contributed by atoms with van der Waals surface area (Å²) in [6.45, 7) is 6.41. The van der Waals surface area contributed by atoms with Crippen molar-refractivity contribution < 1.29 is 9.90 Å². The molecule has 7 heteroatoms. The number of carbonyl (C=O) groups excluding carboxylic acids is 1. The summed E-state index contributed by atoms with van der Waals surface area (Å²) in [5, 5.41) is 13.2. The Morgan fingerprint density at radius 3 is 2.70 bits per heavy atom. The van der Waals surface area contributed by atoms with Crippen molar-refractivity contribution in [3.8, 4) is 0 Å². The van der Waals surface area contributed by atoms with Crippen molar-refractivity contribution in [2.75, 3.05) is 12.4 Å². The normalized spacial score (nSPS) is 12.1. The number of aryl methyl sites for hydroxylation is 2. The molecule has 1 heterocycles. The molecule has 3 rings (SSSR count). The number of para-hydroxylation sites is 1. The molecule has 0 spiro atoms. The average molecular weight is 426 g/mol. The molecule has 3 aromatic rings. The minimum absolute atomic E-state index is 0.0165. The number of amides is 1. The molecule has 0 unspecified atom stereocenters. The van der Waals surface area contributed by atoms with E-state index in [1.807, 2.05) is 19.1 Å². The lowest BCUT2D eigenvalue weighted by Gasteiger charge is -2.16. The molecule has 1 aromatic heterocycles. The minimum atomic E-state index is -0.152. The first-order valence-electron chi connectivity index (χ1n) is 10.0. The van der Waals surface area contributed by atoms with Crippen LogP contribution in [0.2, 0.25) is 0 Å². The van der Waals surface area contributed by atoms with Gasteiger partial charge in [-0.2, -0.15) is 0 Å². The molecule has 2 N–H and O–H groups in total. The third-order valence-electron chi connectivity index (χ3n) is 5.11. The number of hydrogen-bond acceptors (Lipinski definition) is 5. The van der Waals surface area contributed by atoms with Crippen LogP contribution in [0.1, 0.15) is 36.1 Å². The van der Waals surface area contributed by atoms with Gasteiger partial charge in [0.25, 0.3) is 5.56 Å². The van der Waals surface area contributed by atoms with E-state index in [0.29, 0.717) is 29.0 Å². The second kappa shape index (κ2) is 9.91. The zero-order chi connectivity index (χ0) is 21.7. The van der Waals surface area contributed by atoms with Gasteiger partial charge in [0.2, 0.25) is 5.91 Å². The van der Waals surface area contributed by atoms with Crippen LogP contribution >= 0.6 is 11.8 Å². The third-order valence-corrected chi connectivity index (χ3v) is 6.08. The van der Waals surface area contributed by atoms with Gasteiger partial charge in [0.1, 0.15) is 0 Å². The summed E-state index contributed by atoms with van der Waals surface area (Å²) in [6.07, 6.45) is 0.448. The van der Waals surface area contributed by atoms with E-state index in [-0.39, 0.29) is 29.9 Å². The number of aromatic nitrogens is 2. The van der Waals surface area contributed by atoms with Crippen LogP contribution in [-0.2, 0) is 11.3 Å². The smallest absolute Gasteiger partial charge is 0.262 e. The molecule has 0 aliphatic heterocycles. The Morgan fingerprint density at radius 1 is 1.20 bits per heavy atom. The SMILES string of the molecule is Cc1ccc([C@H](C)NC(=O)CSc2nc3ccccc3c(=O)n2CCCO)cc1C. The fraction of sp³-hybridized carbons (Fsp3) is 0.348. The second-order valence-corrected chi connectivity index (χ2v) is 8.31. The molecular weight excluding hydrogens is 398 g/mol. The summed E-state index contributed by atoms with van der Waals surface area (Å²) >= 11 is 1.24. The van der Waals surface area contributed by atoms with Crippen molar-refractivity contribution in [3.63, 3.8) is 0 Å². The van der Waals surface area contributed by atoms with Gasteiger partial charge in [-0.1, -0.05) is 42.1 Å². The van der Waals surface area contributed by atoms with Crippen molar-refractivity contribution in [1.29, 1.82) is 0 Å². The zero-order valence-electron chi connectivity index (χ0n) is 17.5. The molecule has 0 saturated heterocycles. The lowest BCUT2D eigenvalue weighted by Crippen LogP contribution is -2.29. The van der Waals surface area contributed by atoms with Gasteiger partial charge in [-0.15, -0.1) is 0 Å². The van der Waals surface area contributed by atoms with E-state index in [0.717, 1.165) is 5.56 Å². The number of fused-ring (bicyclic) bond motifs is 1. The van der Waals surface area contributed by atoms with Crippen LogP contribution in [0.15, 0.2) is 52.4 Å². The van der Waals surface area contributed by atoms with Gasteiger partial charge in [0.05, 0.1) is 22.7 Å². The maximum absolute atomic E-state index is 12.8. The van der Waals surface area contributed by atoms with Gasteiger partial charge >= 0.3 is 0 Å². The van der Waals surface area contributed by atoms with E-state index in [1.54, 1.807) is 22.8 Å². The Kier molecular flexibility index (Phi) is 7.29. The Labute approximate surface area is 180 Å². The molecule has 0 fully saturated rings. The number of carbonyl (C=O) groups is 1. The highest BCUT2D eigenvalue weighted by molar-refractivity contribution is 7.99. The van der Waals surface area contributed by atoms with Gasteiger partial charge in [-0.3, -0.25) is 14.2 Å². The van der Waals surface area contributed by atoms with E-state index in [4.69, 9.17) is 0 Å². The van der Waals surface area contributed by atoms with E-state index in [9.17, 15) is 14.7 Å². The van der Waals surface area contributed by atoms with Crippen molar-refractivity contribution in [3.05, 3.63) is 69.5 Å². The number of aliphatic hydroxyl groups excluding tert-OH is 1. The maximum atomic E-state index is 12.8. The van der Waals surface area contributed by atoms with E-state index < -0.39 is 0 Å². The molecule has 158 valence electrons. The van der Waals surface area contributed by atoms with Crippen LogP contribution in [0.4, 0.5) is 0 Å². The van der Waals surface area contributed by atoms with Crippen LogP contribution in [0.25, 0.3) is 10.9 Å². The largest absolute Gasteiger partial charge is 0.396 e. The van der Waals surface area contributed by atoms with E-state index in [2.05, 4.69) is 36.3 Å². The van der Waals surface area contributed by atoms with E-state index in [1.165, 1.54) is 22.9 Å². The predicted molar refractivity (Wildman–Crippen MR) is 121 cm³/mol. The third kappa shape index (κ3) is 5.09. The number of hydrogen-bond donors (Lipinski definition) is 2. The molecule has 0 aliphatic rings. The Balaban J connectivity index is 1.74. The first-order chi connectivity index (χ1) is 14.4. The second-order valence-electron chi connectivity index (χ2n) is 7.37. The molecule has 0 aliphatic carbocycles. The zero-order valence-corrected chi connectivity index (χ0v) is 18.3. The number of nitrogens with one attached hydrogen (secondary N) is 1. The fourth-order valence-electron chi connectivity index (χ4n) is 3.21. The van der Waals surface area contributed by atoms with E-state index >= 15 is 0 Å². The highest BCUT2D eigenvalue weighted by Crippen LogP contribution is 2.20. The number of aliphatic hydroxyl groups is 1. The molecule has 0 bridgehead atoms. The summed E-state index contributed by atoms with van der Waals surface area (Å²) in [5.74, 6) is 0.0286. The number of thioether (sulfide) groups is 1. The molecule has 30 heavy (non-hydrogen) atoms. The lowest BCUT2D eigenvalue weighted by atomic mass is 10.0.